The quantitative estimate of drug-likeness (QED) is 0.830. The Bertz CT molecular complexity index is 393. The van der Waals surface area contributed by atoms with Gasteiger partial charge in [-0.25, -0.2) is 0 Å². The summed E-state index contributed by atoms with van der Waals surface area (Å²) in [6, 6.07) is 3.52. The van der Waals surface area contributed by atoms with E-state index in [9.17, 15) is 10.2 Å². The molecule has 2 N–H and O–H groups in total. The molecule has 0 spiro atoms. The summed E-state index contributed by atoms with van der Waals surface area (Å²) in [7, 11) is 0. The second-order valence-corrected chi connectivity index (χ2v) is 4.00. The highest BCUT2D eigenvalue weighted by Gasteiger charge is 2.10. The van der Waals surface area contributed by atoms with E-state index in [1.165, 1.54) is 0 Å². The van der Waals surface area contributed by atoms with E-state index in [-0.39, 0.29) is 19.8 Å². The van der Waals surface area contributed by atoms with Crippen LogP contribution in [-0.2, 0) is 13.2 Å². The standard InChI is InChI=1S/C12H13BrO3/c1-2-3-4-16-12-9(7-14)5-11(13)6-10(12)8-15/h5-6,14-15H,4,7-8H2,1H3. The topological polar surface area (TPSA) is 49.7 Å². The molecular weight excluding hydrogens is 272 g/mol. The molecule has 0 aliphatic heterocycles. The van der Waals surface area contributed by atoms with Crippen molar-refractivity contribution in [2.75, 3.05) is 6.61 Å². The molecule has 0 saturated carbocycles. The molecule has 0 atom stereocenters. The zero-order valence-electron chi connectivity index (χ0n) is 8.96. The summed E-state index contributed by atoms with van der Waals surface area (Å²) >= 11 is 3.30. The van der Waals surface area contributed by atoms with Gasteiger partial charge in [0.2, 0.25) is 0 Å². The Morgan fingerprint density at radius 3 is 2.25 bits per heavy atom. The Balaban J connectivity index is 3.04. The monoisotopic (exact) mass is 284 g/mol. The molecule has 0 unspecified atom stereocenters. The molecule has 0 aliphatic carbocycles. The van der Waals surface area contributed by atoms with E-state index in [1.54, 1.807) is 19.1 Å². The second kappa shape index (κ2) is 6.54. The van der Waals surface area contributed by atoms with E-state index >= 15 is 0 Å². The van der Waals surface area contributed by atoms with Gasteiger partial charge in [-0.2, -0.15) is 0 Å². The van der Waals surface area contributed by atoms with Crippen LogP contribution in [0.4, 0.5) is 0 Å². The molecule has 0 fully saturated rings. The van der Waals surface area contributed by atoms with Gasteiger partial charge in [-0.3, -0.25) is 0 Å². The summed E-state index contributed by atoms with van der Waals surface area (Å²) in [5, 5.41) is 18.4. The third-order valence-electron chi connectivity index (χ3n) is 2.01. The first-order valence-corrected chi connectivity index (χ1v) is 5.57. The minimum absolute atomic E-state index is 0.138. The predicted octanol–water partition coefficient (Wildman–Crippen LogP) is 1.84. The lowest BCUT2D eigenvalue weighted by Gasteiger charge is -2.12. The number of benzene rings is 1. The number of rotatable bonds is 4. The highest BCUT2D eigenvalue weighted by molar-refractivity contribution is 9.10. The lowest BCUT2D eigenvalue weighted by Crippen LogP contribution is -2.02. The first-order chi connectivity index (χ1) is 7.72. The number of aliphatic hydroxyl groups is 2. The van der Waals surface area contributed by atoms with Crippen LogP contribution in [-0.4, -0.2) is 16.8 Å². The van der Waals surface area contributed by atoms with Crippen molar-refractivity contribution < 1.29 is 14.9 Å². The average molecular weight is 285 g/mol. The molecule has 0 heterocycles. The molecule has 0 aromatic heterocycles. The van der Waals surface area contributed by atoms with Crippen LogP contribution in [0.15, 0.2) is 16.6 Å². The van der Waals surface area contributed by atoms with Crippen molar-refractivity contribution in [3.05, 3.63) is 27.7 Å². The first-order valence-electron chi connectivity index (χ1n) is 4.78. The minimum atomic E-state index is -0.138. The van der Waals surface area contributed by atoms with Crippen LogP contribution in [0.1, 0.15) is 18.1 Å². The molecule has 1 rings (SSSR count). The predicted molar refractivity (Wildman–Crippen MR) is 64.9 cm³/mol. The molecule has 1 aromatic carbocycles. The highest BCUT2D eigenvalue weighted by Crippen LogP contribution is 2.28. The van der Waals surface area contributed by atoms with E-state index in [4.69, 9.17) is 4.74 Å². The Hall–Kier alpha value is -1.02. The summed E-state index contributed by atoms with van der Waals surface area (Å²) in [6.45, 7) is 1.70. The van der Waals surface area contributed by atoms with Gasteiger partial charge in [0, 0.05) is 15.6 Å². The van der Waals surface area contributed by atoms with Crippen LogP contribution in [0.2, 0.25) is 0 Å². The fourth-order valence-corrected chi connectivity index (χ4v) is 1.87. The normalized spacial score (nSPS) is 9.50. The van der Waals surface area contributed by atoms with Crippen molar-refractivity contribution >= 4 is 15.9 Å². The summed E-state index contributed by atoms with van der Waals surface area (Å²) in [6.07, 6.45) is 0. The lowest BCUT2D eigenvalue weighted by atomic mass is 10.1. The smallest absolute Gasteiger partial charge is 0.149 e. The average Bonchev–Trinajstić information content (AvgIpc) is 2.30. The van der Waals surface area contributed by atoms with Crippen LogP contribution < -0.4 is 4.74 Å². The molecule has 4 heteroatoms. The van der Waals surface area contributed by atoms with Gasteiger partial charge in [-0.15, -0.1) is 5.92 Å². The lowest BCUT2D eigenvalue weighted by molar-refractivity contribution is 0.256. The van der Waals surface area contributed by atoms with Gasteiger partial charge in [0.25, 0.3) is 0 Å². The fraction of sp³-hybridized carbons (Fsp3) is 0.333. The van der Waals surface area contributed by atoms with E-state index < -0.39 is 0 Å². The van der Waals surface area contributed by atoms with Gasteiger partial charge in [0.15, 0.2) is 0 Å². The van der Waals surface area contributed by atoms with Crippen LogP contribution in [0.5, 0.6) is 5.75 Å². The Labute approximate surface area is 103 Å². The van der Waals surface area contributed by atoms with E-state index in [0.29, 0.717) is 16.9 Å². The molecule has 0 saturated heterocycles. The first kappa shape index (κ1) is 13.0. The summed E-state index contributed by atoms with van der Waals surface area (Å²) in [5.41, 5.74) is 1.27. The van der Waals surface area contributed by atoms with Crippen LogP contribution in [0.3, 0.4) is 0 Å². The Kier molecular flexibility index (Phi) is 5.33. The van der Waals surface area contributed by atoms with Crippen molar-refractivity contribution in [3.63, 3.8) is 0 Å². The zero-order valence-corrected chi connectivity index (χ0v) is 10.5. The van der Waals surface area contributed by atoms with Gasteiger partial charge in [0.05, 0.1) is 13.2 Å². The number of hydrogen-bond acceptors (Lipinski definition) is 3. The second-order valence-electron chi connectivity index (χ2n) is 3.08. The van der Waals surface area contributed by atoms with Crippen LogP contribution >= 0.6 is 15.9 Å². The van der Waals surface area contributed by atoms with Gasteiger partial charge in [0.1, 0.15) is 12.4 Å². The van der Waals surface area contributed by atoms with E-state index in [2.05, 4.69) is 27.8 Å². The van der Waals surface area contributed by atoms with Crippen LogP contribution in [0.25, 0.3) is 0 Å². The summed E-state index contributed by atoms with van der Waals surface area (Å²) < 4.78 is 6.23. The maximum absolute atomic E-state index is 9.20. The van der Waals surface area contributed by atoms with E-state index in [0.717, 1.165) is 4.47 Å². The SMILES string of the molecule is CC#CCOc1c(CO)cc(Br)cc1CO. The minimum Gasteiger partial charge on any atom is -0.480 e. The van der Waals surface area contributed by atoms with Gasteiger partial charge in [-0.05, 0) is 19.1 Å². The van der Waals surface area contributed by atoms with Crippen molar-refractivity contribution in [2.24, 2.45) is 0 Å². The van der Waals surface area contributed by atoms with Gasteiger partial charge < -0.3 is 14.9 Å². The number of hydrogen-bond donors (Lipinski definition) is 2. The molecular formula is C12H13BrO3. The number of halogens is 1. The maximum Gasteiger partial charge on any atom is 0.149 e. The van der Waals surface area contributed by atoms with Gasteiger partial charge in [-0.1, -0.05) is 21.9 Å². The fourth-order valence-electron chi connectivity index (χ4n) is 1.31. The molecule has 0 radical (unpaired) electrons. The molecule has 0 bridgehead atoms. The maximum atomic E-state index is 9.20. The van der Waals surface area contributed by atoms with Crippen molar-refractivity contribution in [2.45, 2.75) is 20.1 Å². The van der Waals surface area contributed by atoms with Crippen LogP contribution in [0, 0.1) is 11.8 Å². The Morgan fingerprint density at radius 2 is 1.81 bits per heavy atom. The van der Waals surface area contributed by atoms with Crippen molar-refractivity contribution in [1.82, 2.24) is 0 Å². The largest absolute Gasteiger partial charge is 0.480 e. The van der Waals surface area contributed by atoms with Crippen molar-refractivity contribution in [3.8, 4) is 17.6 Å². The molecule has 86 valence electrons. The third kappa shape index (κ3) is 3.24. The highest BCUT2D eigenvalue weighted by atomic mass is 79.9. The zero-order chi connectivity index (χ0) is 12.0. The molecule has 16 heavy (non-hydrogen) atoms. The van der Waals surface area contributed by atoms with Crippen molar-refractivity contribution in [1.29, 1.82) is 0 Å². The summed E-state index contributed by atoms with van der Waals surface area (Å²) in [5.74, 6) is 5.99. The molecule has 1 aromatic rings. The number of ether oxygens (including phenoxy) is 1. The molecule has 3 nitrogen and oxygen atoms in total. The molecule has 0 aliphatic rings. The third-order valence-corrected chi connectivity index (χ3v) is 2.47. The summed E-state index contributed by atoms with van der Waals surface area (Å²) in [4.78, 5) is 0. The van der Waals surface area contributed by atoms with E-state index in [1.807, 2.05) is 0 Å². The van der Waals surface area contributed by atoms with Gasteiger partial charge >= 0.3 is 0 Å². The Morgan fingerprint density at radius 1 is 1.25 bits per heavy atom. The molecule has 0 amide bonds. The number of aliphatic hydroxyl groups excluding tert-OH is 2.